The van der Waals surface area contributed by atoms with E-state index < -0.39 is 5.60 Å². The lowest BCUT2D eigenvalue weighted by Gasteiger charge is -2.24. The van der Waals surface area contributed by atoms with Crippen molar-refractivity contribution in [2.45, 2.75) is 46.3 Å². The highest BCUT2D eigenvalue weighted by Crippen LogP contribution is 2.27. The van der Waals surface area contributed by atoms with Crippen molar-refractivity contribution >= 4 is 6.09 Å². The lowest BCUT2D eigenvalue weighted by molar-refractivity contribution is 0.0288. The summed E-state index contributed by atoms with van der Waals surface area (Å²) in [7, 11) is 0. The number of hydrogen-bond donors (Lipinski definition) is 2. The number of benzene rings is 1. The highest BCUT2D eigenvalue weighted by molar-refractivity contribution is 5.68. The molecule has 1 amide bonds. The van der Waals surface area contributed by atoms with Crippen LogP contribution in [-0.2, 0) is 11.3 Å². The van der Waals surface area contributed by atoms with Crippen molar-refractivity contribution in [2.24, 2.45) is 5.92 Å². The molecule has 1 heterocycles. The number of nitrogens with one attached hydrogen (secondary N) is 1. The third kappa shape index (κ3) is 6.12. The van der Waals surface area contributed by atoms with Crippen LogP contribution in [0.1, 0.15) is 39.7 Å². The first kappa shape index (κ1) is 19.4. The van der Waals surface area contributed by atoms with Crippen LogP contribution in [0.5, 0.6) is 11.5 Å². The molecule has 1 aliphatic rings. The first-order valence-corrected chi connectivity index (χ1v) is 8.92. The molecule has 0 spiro atoms. The Balaban J connectivity index is 1.76. The summed E-state index contributed by atoms with van der Waals surface area (Å²) < 4.78 is 10.8. The standard InChI is InChI=1S/C19H30N2O4/c1-5-24-17-10-14(6-7-16(17)22)11-20-12-15-8-9-21(13-15)18(23)25-19(2,3)4/h6-7,10,15,20,22H,5,8-9,11-13H2,1-4H3. The van der Waals surface area contributed by atoms with Gasteiger partial charge in [0.15, 0.2) is 11.5 Å². The van der Waals surface area contributed by atoms with Crippen LogP contribution < -0.4 is 10.1 Å². The third-order valence-corrected chi connectivity index (χ3v) is 4.02. The van der Waals surface area contributed by atoms with Crippen molar-refractivity contribution in [2.75, 3.05) is 26.2 Å². The average Bonchev–Trinajstić information content (AvgIpc) is 2.98. The average molecular weight is 350 g/mol. The molecule has 1 unspecified atom stereocenters. The Morgan fingerprint density at radius 1 is 1.40 bits per heavy atom. The zero-order chi connectivity index (χ0) is 18.4. The minimum absolute atomic E-state index is 0.161. The molecule has 2 rings (SSSR count). The Labute approximate surface area is 150 Å². The van der Waals surface area contributed by atoms with E-state index in [2.05, 4.69) is 5.32 Å². The maximum absolute atomic E-state index is 12.1. The zero-order valence-electron chi connectivity index (χ0n) is 15.7. The van der Waals surface area contributed by atoms with Gasteiger partial charge in [-0.1, -0.05) is 6.07 Å². The summed E-state index contributed by atoms with van der Waals surface area (Å²) in [6, 6.07) is 5.39. The molecule has 6 heteroatoms. The summed E-state index contributed by atoms with van der Waals surface area (Å²) >= 11 is 0. The van der Waals surface area contributed by atoms with Gasteiger partial charge in [0, 0.05) is 26.2 Å². The van der Waals surface area contributed by atoms with Crippen LogP contribution in [0.4, 0.5) is 4.79 Å². The van der Waals surface area contributed by atoms with Crippen LogP contribution in [0.15, 0.2) is 18.2 Å². The van der Waals surface area contributed by atoms with E-state index in [0.29, 0.717) is 24.8 Å². The summed E-state index contributed by atoms with van der Waals surface area (Å²) in [5.41, 5.74) is 0.605. The Bertz CT molecular complexity index is 583. The second-order valence-corrected chi connectivity index (χ2v) is 7.45. The van der Waals surface area contributed by atoms with Crippen LogP contribution in [0, 0.1) is 5.92 Å². The molecule has 1 fully saturated rings. The Morgan fingerprint density at radius 2 is 2.16 bits per heavy atom. The van der Waals surface area contributed by atoms with Crippen molar-refractivity contribution < 1.29 is 19.4 Å². The van der Waals surface area contributed by atoms with E-state index in [1.807, 2.05) is 39.8 Å². The molecule has 0 bridgehead atoms. The van der Waals surface area contributed by atoms with E-state index in [0.717, 1.165) is 31.6 Å². The van der Waals surface area contributed by atoms with E-state index in [1.54, 1.807) is 11.0 Å². The first-order chi connectivity index (χ1) is 11.8. The number of carbonyl (C=O) groups is 1. The minimum atomic E-state index is -0.454. The van der Waals surface area contributed by atoms with E-state index in [1.165, 1.54) is 0 Å². The number of phenols is 1. The predicted octanol–water partition coefficient (Wildman–Crippen LogP) is 3.14. The highest BCUT2D eigenvalue weighted by Gasteiger charge is 2.29. The van der Waals surface area contributed by atoms with Crippen molar-refractivity contribution in [1.82, 2.24) is 10.2 Å². The molecule has 0 radical (unpaired) electrons. The number of aromatic hydroxyl groups is 1. The smallest absolute Gasteiger partial charge is 0.410 e. The molecule has 1 saturated heterocycles. The number of hydrogen-bond acceptors (Lipinski definition) is 5. The fourth-order valence-corrected chi connectivity index (χ4v) is 2.85. The van der Waals surface area contributed by atoms with Crippen molar-refractivity contribution in [1.29, 1.82) is 0 Å². The summed E-state index contributed by atoms with van der Waals surface area (Å²) in [5.74, 6) is 1.10. The quantitative estimate of drug-likeness (QED) is 0.825. The Kier molecular flexibility index (Phi) is 6.53. The van der Waals surface area contributed by atoms with Gasteiger partial charge in [-0.05, 0) is 57.7 Å². The van der Waals surface area contributed by atoms with Gasteiger partial charge in [0.2, 0.25) is 0 Å². The lowest BCUT2D eigenvalue weighted by Crippen LogP contribution is -2.36. The number of ether oxygens (including phenoxy) is 2. The number of rotatable bonds is 6. The molecule has 0 aliphatic carbocycles. The largest absolute Gasteiger partial charge is 0.504 e. The normalized spacial score (nSPS) is 17.6. The second-order valence-electron chi connectivity index (χ2n) is 7.45. The van der Waals surface area contributed by atoms with Crippen LogP contribution in [0.3, 0.4) is 0 Å². The summed E-state index contributed by atoms with van der Waals surface area (Å²) in [4.78, 5) is 13.9. The maximum atomic E-state index is 12.1. The fraction of sp³-hybridized carbons (Fsp3) is 0.632. The number of carbonyl (C=O) groups excluding carboxylic acids is 1. The molecule has 1 aliphatic heterocycles. The SMILES string of the molecule is CCOc1cc(CNCC2CCN(C(=O)OC(C)(C)C)C2)ccc1O. The van der Waals surface area contributed by atoms with Gasteiger partial charge in [-0.3, -0.25) is 0 Å². The molecule has 6 nitrogen and oxygen atoms in total. The van der Waals surface area contributed by atoms with Gasteiger partial charge in [-0.15, -0.1) is 0 Å². The summed E-state index contributed by atoms with van der Waals surface area (Å²) in [5, 5.41) is 13.2. The van der Waals surface area contributed by atoms with Gasteiger partial charge in [0.25, 0.3) is 0 Å². The topological polar surface area (TPSA) is 71.0 Å². The Hall–Kier alpha value is -1.95. The number of phenolic OH excluding ortho intramolecular Hbond substituents is 1. The molecule has 25 heavy (non-hydrogen) atoms. The van der Waals surface area contributed by atoms with E-state index in [4.69, 9.17) is 9.47 Å². The van der Waals surface area contributed by atoms with Gasteiger partial charge < -0.3 is 24.8 Å². The van der Waals surface area contributed by atoms with Gasteiger partial charge in [-0.2, -0.15) is 0 Å². The number of amides is 1. The lowest BCUT2D eigenvalue weighted by atomic mass is 10.1. The van der Waals surface area contributed by atoms with Crippen LogP contribution in [-0.4, -0.2) is 47.9 Å². The van der Waals surface area contributed by atoms with Gasteiger partial charge in [0.05, 0.1) is 6.61 Å². The van der Waals surface area contributed by atoms with Gasteiger partial charge >= 0.3 is 6.09 Å². The monoisotopic (exact) mass is 350 g/mol. The van der Waals surface area contributed by atoms with Crippen molar-refractivity contribution in [3.63, 3.8) is 0 Å². The highest BCUT2D eigenvalue weighted by atomic mass is 16.6. The van der Waals surface area contributed by atoms with Crippen molar-refractivity contribution in [3.05, 3.63) is 23.8 Å². The third-order valence-electron chi connectivity index (χ3n) is 4.02. The van der Waals surface area contributed by atoms with Crippen LogP contribution in [0.2, 0.25) is 0 Å². The van der Waals surface area contributed by atoms with Crippen LogP contribution >= 0.6 is 0 Å². The molecular formula is C19H30N2O4. The van der Waals surface area contributed by atoms with Gasteiger partial charge in [0.1, 0.15) is 5.60 Å². The van der Waals surface area contributed by atoms with Gasteiger partial charge in [-0.25, -0.2) is 4.79 Å². The summed E-state index contributed by atoms with van der Waals surface area (Å²) in [6.07, 6.45) is 0.751. The second kappa shape index (κ2) is 8.43. The molecule has 140 valence electrons. The fourth-order valence-electron chi connectivity index (χ4n) is 2.85. The molecule has 0 aromatic heterocycles. The molecule has 1 atom stereocenters. The molecule has 1 aromatic rings. The van der Waals surface area contributed by atoms with E-state index in [9.17, 15) is 9.90 Å². The predicted molar refractivity (Wildman–Crippen MR) is 96.9 cm³/mol. The zero-order valence-corrected chi connectivity index (χ0v) is 15.7. The molecular weight excluding hydrogens is 320 g/mol. The van der Waals surface area contributed by atoms with E-state index >= 15 is 0 Å². The number of nitrogens with zero attached hydrogens (tertiary/aromatic N) is 1. The summed E-state index contributed by atoms with van der Waals surface area (Å²) in [6.45, 7) is 11.1. The number of likely N-dealkylation sites (tertiary alicyclic amines) is 1. The van der Waals surface area contributed by atoms with Crippen LogP contribution in [0.25, 0.3) is 0 Å². The molecule has 2 N–H and O–H groups in total. The first-order valence-electron chi connectivity index (χ1n) is 8.92. The molecule has 0 saturated carbocycles. The maximum Gasteiger partial charge on any atom is 0.410 e. The Morgan fingerprint density at radius 3 is 2.84 bits per heavy atom. The molecule has 1 aromatic carbocycles. The van der Waals surface area contributed by atoms with E-state index in [-0.39, 0.29) is 11.8 Å². The van der Waals surface area contributed by atoms with Crippen molar-refractivity contribution in [3.8, 4) is 11.5 Å². The minimum Gasteiger partial charge on any atom is -0.504 e.